The average Bonchev–Trinajstić information content (AvgIpc) is 3.32. The number of nitrogens with zero attached hydrogens (tertiary/aromatic N) is 4. The van der Waals surface area contributed by atoms with Gasteiger partial charge in [-0.2, -0.15) is 0 Å². The maximum absolute atomic E-state index is 14.0. The Hall–Kier alpha value is -3.09. The summed E-state index contributed by atoms with van der Waals surface area (Å²) in [6.45, 7) is 2.37. The Balaban J connectivity index is 1.30. The summed E-state index contributed by atoms with van der Waals surface area (Å²) in [5.74, 6) is 0.523. The minimum atomic E-state index is -0.592. The topological polar surface area (TPSA) is 51.0 Å². The molecule has 2 heterocycles. The summed E-state index contributed by atoms with van der Waals surface area (Å²) in [6.07, 6.45) is 4.77. The molecule has 1 aromatic heterocycles. The molecular formula is C23H22F2N4O. The molecule has 7 heteroatoms. The van der Waals surface area contributed by atoms with Crippen molar-refractivity contribution in [3.8, 4) is 22.5 Å². The molecule has 3 aromatic rings. The first-order valence-corrected chi connectivity index (χ1v) is 10.3. The predicted molar refractivity (Wildman–Crippen MR) is 108 cm³/mol. The highest BCUT2D eigenvalue weighted by molar-refractivity contribution is 5.81. The summed E-state index contributed by atoms with van der Waals surface area (Å²) < 4.78 is 29.2. The van der Waals surface area contributed by atoms with E-state index in [1.54, 1.807) is 18.5 Å². The molecule has 5 nitrogen and oxygen atoms in total. The van der Waals surface area contributed by atoms with Crippen molar-refractivity contribution in [1.82, 2.24) is 19.7 Å². The molecule has 1 aliphatic carbocycles. The fourth-order valence-electron chi connectivity index (χ4n) is 4.18. The molecule has 154 valence electrons. The lowest BCUT2D eigenvalue weighted by Crippen LogP contribution is -2.30. The monoisotopic (exact) mass is 408 g/mol. The van der Waals surface area contributed by atoms with Crippen LogP contribution in [0.2, 0.25) is 0 Å². The molecule has 30 heavy (non-hydrogen) atoms. The highest BCUT2D eigenvalue weighted by Crippen LogP contribution is 2.33. The number of benzene rings is 2. The maximum atomic E-state index is 14.0. The average molecular weight is 408 g/mol. The van der Waals surface area contributed by atoms with E-state index in [4.69, 9.17) is 0 Å². The van der Waals surface area contributed by atoms with Crippen molar-refractivity contribution in [3.63, 3.8) is 0 Å². The molecule has 0 spiro atoms. The second kappa shape index (κ2) is 7.63. The quantitative estimate of drug-likeness (QED) is 0.637. The Labute approximate surface area is 173 Å². The van der Waals surface area contributed by atoms with Crippen LogP contribution in [-0.2, 0) is 11.3 Å². The molecule has 1 saturated carbocycles. The van der Waals surface area contributed by atoms with Gasteiger partial charge in [-0.15, -0.1) is 10.2 Å². The number of halogens is 2. The summed E-state index contributed by atoms with van der Waals surface area (Å²) in [4.78, 5) is 14.3. The molecule has 0 bridgehead atoms. The first kappa shape index (κ1) is 18.9. The smallest absolute Gasteiger partial charge is 0.225 e. The first-order valence-electron chi connectivity index (χ1n) is 10.3. The van der Waals surface area contributed by atoms with Gasteiger partial charge in [-0.3, -0.25) is 4.79 Å². The highest BCUT2D eigenvalue weighted by Gasteiger charge is 2.36. The number of hydrogen-bond donors (Lipinski definition) is 0. The molecule has 1 saturated heterocycles. The van der Waals surface area contributed by atoms with E-state index in [1.807, 2.05) is 21.6 Å². The third-order valence-corrected chi connectivity index (χ3v) is 5.98. The Morgan fingerprint density at radius 3 is 2.53 bits per heavy atom. The van der Waals surface area contributed by atoms with Crippen LogP contribution in [0.5, 0.6) is 0 Å². The predicted octanol–water partition coefficient (Wildman–Crippen LogP) is 4.15. The lowest BCUT2D eigenvalue weighted by molar-refractivity contribution is -0.131. The molecule has 0 unspecified atom stereocenters. The van der Waals surface area contributed by atoms with Crippen LogP contribution < -0.4 is 0 Å². The number of rotatable bonds is 5. The molecule has 2 aromatic carbocycles. The normalized spacial score (nSPS) is 18.7. The van der Waals surface area contributed by atoms with E-state index in [0.717, 1.165) is 56.4 Å². The standard InChI is InChI=1S/C23H22F2N4O/c24-19-7-8-20(21(25)11-19)16-1-3-17(4-2-16)22-27-26-14-29(22)13-15-9-10-28(12-15)23(30)18-5-6-18/h1-4,7-8,11,14-15,18H,5-6,9-10,12-13H2/t15-/m1/s1. The number of aromatic nitrogens is 3. The van der Waals surface area contributed by atoms with Gasteiger partial charge < -0.3 is 9.47 Å². The summed E-state index contributed by atoms with van der Waals surface area (Å²) in [7, 11) is 0. The van der Waals surface area contributed by atoms with Gasteiger partial charge in [0.2, 0.25) is 5.91 Å². The minimum absolute atomic E-state index is 0.263. The zero-order chi connectivity index (χ0) is 20.7. The molecule has 0 radical (unpaired) electrons. The van der Waals surface area contributed by atoms with Gasteiger partial charge in [-0.1, -0.05) is 24.3 Å². The number of carbonyl (C=O) groups is 1. The van der Waals surface area contributed by atoms with Crippen LogP contribution in [0.4, 0.5) is 8.78 Å². The Morgan fingerprint density at radius 2 is 1.80 bits per heavy atom. The van der Waals surface area contributed by atoms with Crippen molar-refractivity contribution in [2.24, 2.45) is 11.8 Å². The van der Waals surface area contributed by atoms with Gasteiger partial charge in [0.15, 0.2) is 5.82 Å². The van der Waals surface area contributed by atoms with E-state index in [2.05, 4.69) is 10.2 Å². The Kier molecular flexibility index (Phi) is 4.81. The van der Waals surface area contributed by atoms with Gasteiger partial charge in [-0.05, 0) is 42.9 Å². The number of amides is 1. The van der Waals surface area contributed by atoms with Crippen LogP contribution in [0, 0.1) is 23.5 Å². The van der Waals surface area contributed by atoms with Crippen LogP contribution in [0.3, 0.4) is 0 Å². The fourth-order valence-corrected chi connectivity index (χ4v) is 4.18. The molecular weight excluding hydrogens is 386 g/mol. The molecule has 1 aliphatic heterocycles. The largest absolute Gasteiger partial charge is 0.342 e. The number of likely N-dealkylation sites (tertiary alicyclic amines) is 1. The van der Waals surface area contributed by atoms with Crippen LogP contribution in [0.15, 0.2) is 48.8 Å². The lowest BCUT2D eigenvalue weighted by Gasteiger charge is -2.17. The van der Waals surface area contributed by atoms with Crippen molar-refractivity contribution in [2.75, 3.05) is 13.1 Å². The highest BCUT2D eigenvalue weighted by atomic mass is 19.1. The summed E-state index contributed by atoms with van der Waals surface area (Å²) in [5.41, 5.74) is 1.91. The van der Waals surface area contributed by atoms with Gasteiger partial charge >= 0.3 is 0 Å². The minimum Gasteiger partial charge on any atom is -0.342 e. The lowest BCUT2D eigenvalue weighted by atomic mass is 10.0. The molecule has 0 N–H and O–H groups in total. The summed E-state index contributed by atoms with van der Waals surface area (Å²) in [5, 5.41) is 8.33. The second-order valence-corrected chi connectivity index (χ2v) is 8.22. The van der Waals surface area contributed by atoms with E-state index < -0.39 is 11.6 Å². The number of hydrogen-bond acceptors (Lipinski definition) is 3. The zero-order valence-electron chi connectivity index (χ0n) is 16.5. The van der Waals surface area contributed by atoms with E-state index in [0.29, 0.717) is 23.0 Å². The van der Waals surface area contributed by atoms with Gasteiger partial charge in [-0.25, -0.2) is 8.78 Å². The third-order valence-electron chi connectivity index (χ3n) is 5.98. The molecule has 1 amide bonds. The van der Waals surface area contributed by atoms with Crippen LogP contribution in [0.25, 0.3) is 22.5 Å². The number of carbonyl (C=O) groups excluding carboxylic acids is 1. The van der Waals surface area contributed by atoms with Crippen LogP contribution in [-0.4, -0.2) is 38.7 Å². The van der Waals surface area contributed by atoms with Crippen molar-refractivity contribution < 1.29 is 13.6 Å². The Bertz CT molecular complexity index is 1080. The van der Waals surface area contributed by atoms with Gasteiger partial charge in [0.25, 0.3) is 0 Å². The molecule has 1 atom stereocenters. The van der Waals surface area contributed by atoms with Crippen LogP contribution >= 0.6 is 0 Å². The molecule has 2 fully saturated rings. The molecule has 2 aliphatic rings. The van der Waals surface area contributed by atoms with E-state index >= 15 is 0 Å². The van der Waals surface area contributed by atoms with E-state index in [-0.39, 0.29) is 5.92 Å². The SMILES string of the molecule is O=C(C1CC1)N1CC[C@@H](Cn2cnnc2-c2ccc(-c3ccc(F)cc3F)cc2)C1. The van der Waals surface area contributed by atoms with Gasteiger partial charge in [0.05, 0.1) is 0 Å². The fraction of sp³-hybridized carbons (Fsp3) is 0.348. The Morgan fingerprint density at radius 1 is 1.03 bits per heavy atom. The molecule has 5 rings (SSSR count). The summed E-state index contributed by atoms with van der Waals surface area (Å²) >= 11 is 0. The van der Waals surface area contributed by atoms with E-state index in [9.17, 15) is 13.6 Å². The van der Waals surface area contributed by atoms with Crippen molar-refractivity contribution >= 4 is 5.91 Å². The third kappa shape index (κ3) is 3.72. The van der Waals surface area contributed by atoms with Gasteiger partial charge in [0, 0.05) is 42.7 Å². The second-order valence-electron chi connectivity index (χ2n) is 8.22. The van der Waals surface area contributed by atoms with Crippen molar-refractivity contribution in [2.45, 2.75) is 25.8 Å². The summed E-state index contributed by atoms with van der Waals surface area (Å²) in [6, 6.07) is 10.9. The van der Waals surface area contributed by atoms with E-state index in [1.165, 1.54) is 12.1 Å². The zero-order valence-corrected chi connectivity index (χ0v) is 16.5. The first-order chi connectivity index (χ1) is 14.6. The van der Waals surface area contributed by atoms with Crippen LogP contribution in [0.1, 0.15) is 19.3 Å². The van der Waals surface area contributed by atoms with Crippen molar-refractivity contribution in [1.29, 1.82) is 0 Å². The van der Waals surface area contributed by atoms with Gasteiger partial charge in [0.1, 0.15) is 18.0 Å². The van der Waals surface area contributed by atoms with Crippen molar-refractivity contribution in [3.05, 3.63) is 60.4 Å². The maximum Gasteiger partial charge on any atom is 0.225 e.